The normalized spacial score (nSPS) is 11.6. The summed E-state index contributed by atoms with van der Waals surface area (Å²) >= 11 is 0. The Bertz CT molecular complexity index is 792. The van der Waals surface area contributed by atoms with E-state index in [0.29, 0.717) is 5.56 Å². The molecule has 0 radical (unpaired) electrons. The van der Waals surface area contributed by atoms with Crippen molar-refractivity contribution < 1.29 is 4.79 Å². The molecule has 0 fully saturated rings. The van der Waals surface area contributed by atoms with Crippen molar-refractivity contribution in [3.63, 3.8) is 0 Å². The van der Waals surface area contributed by atoms with Gasteiger partial charge >= 0.3 is 0 Å². The molecule has 4 nitrogen and oxygen atoms in total. The molecule has 156 valence electrons. The number of allylic oxidation sites excluding steroid dienone is 1. The Morgan fingerprint density at radius 3 is 2.24 bits per heavy atom. The van der Waals surface area contributed by atoms with Gasteiger partial charge in [0, 0.05) is 37.9 Å². The Balaban J connectivity index is 2.00. The van der Waals surface area contributed by atoms with E-state index in [1.165, 1.54) is 5.56 Å². The predicted octanol–water partition coefficient (Wildman–Crippen LogP) is 4.42. The van der Waals surface area contributed by atoms with Gasteiger partial charge in [-0.25, -0.2) is 0 Å². The summed E-state index contributed by atoms with van der Waals surface area (Å²) in [6.07, 6.45) is 3.56. The Labute approximate surface area is 176 Å². The Hall–Kier alpha value is -2.43. The van der Waals surface area contributed by atoms with Gasteiger partial charge in [-0.3, -0.25) is 9.69 Å². The Kier molecular flexibility index (Phi) is 9.10. The second-order valence-corrected chi connectivity index (χ2v) is 7.68. The second kappa shape index (κ2) is 11.5. The summed E-state index contributed by atoms with van der Waals surface area (Å²) in [6.45, 7) is 9.32. The van der Waals surface area contributed by atoms with Gasteiger partial charge in [-0.05, 0) is 56.5 Å². The van der Waals surface area contributed by atoms with Crippen molar-refractivity contribution in [1.82, 2.24) is 9.80 Å². The van der Waals surface area contributed by atoms with Crippen LogP contribution in [-0.4, -0.2) is 62.9 Å². The number of nitrogens with zero attached hydrogens (tertiary/aromatic N) is 3. The van der Waals surface area contributed by atoms with Crippen molar-refractivity contribution in [2.24, 2.45) is 0 Å². The molecule has 0 aliphatic rings. The number of rotatable bonds is 11. The molecule has 0 bridgehead atoms. The topological polar surface area (TPSA) is 26.8 Å². The van der Waals surface area contributed by atoms with E-state index >= 15 is 0 Å². The van der Waals surface area contributed by atoms with Gasteiger partial charge in [0.2, 0.25) is 0 Å². The first kappa shape index (κ1) is 22.9. The second-order valence-electron chi connectivity index (χ2n) is 7.68. The van der Waals surface area contributed by atoms with Gasteiger partial charge in [0.05, 0.1) is 0 Å². The summed E-state index contributed by atoms with van der Waals surface area (Å²) in [6, 6.07) is 16.3. The van der Waals surface area contributed by atoms with E-state index in [-0.39, 0.29) is 5.78 Å². The van der Waals surface area contributed by atoms with Gasteiger partial charge < -0.3 is 9.80 Å². The highest BCUT2D eigenvalue weighted by Crippen LogP contribution is 2.16. The van der Waals surface area contributed by atoms with E-state index in [9.17, 15) is 4.79 Å². The lowest BCUT2D eigenvalue weighted by Gasteiger charge is -2.21. The summed E-state index contributed by atoms with van der Waals surface area (Å²) in [5.41, 5.74) is 4.12. The van der Waals surface area contributed by atoms with Crippen LogP contribution in [0.5, 0.6) is 0 Å². The van der Waals surface area contributed by atoms with Crippen LogP contribution in [0.1, 0.15) is 35.3 Å². The van der Waals surface area contributed by atoms with Crippen molar-refractivity contribution in [3.05, 3.63) is 71.3 Å². The van der Waals surface area contributed by atoms with Gasteiger partial charge in [-0.2, -0.15) is 0 Å². The van der Waals surface area contributed by atoms with E-state index in [0.717, 1.165) is 44.0 Å². The smallest absolute Gasteiger partial charge is 0.185 e. The minimum Gasteiger partial charge on any atom is -0.373 e. The monoisotopic (exact) mass is 393 g/mol. The zero-order valence-electron chi connectivity index (χ0n) is 18.6. The Morgan fingerprint density at radius 1 is 0.931 bits per heavy atom. The molecule has 4 heteroatoms. The molecule has 0 aliphatic heterocycles. The average Bonchev–Trinajstić information content (AvgIpc) is 2.74. The van der Waals surface area contributed by atoms with Crippen molar-refractivity contribution >= 4 is 17.5 Å². The average molecular weight is 394 g/mol. The maximum Gasteiger partial charge on any atom is 0.185 e. The summed E-state index contributed by atoms with van der Waals surface area (Å²) < 4.78 is 0. The van der Waals surface area contributed by atoms with Crippen LogP contribution in [-0.2, 0) is 6.54 Å². The number of ketones is 1. The number of benzene rings is 2. The van der Waals surface area contributed by atoms with E-state index in [1.54, 1.807) is 6.08 Å². The summed E-state index contributed by atoms with van der Waals surface area (Å²) in [5.74, 6) is 0.0278. The van der Waals surface area contributed by atoms with Gasteiger partial charge in [0.1, 0.15) is 0 Å². The Morgan fingerprint density at radius 2 is 1.62 bits per heavy atom. The molecule has 2 aromatic carbocycles. The first-order valence-electron chi connectivity index (χ1n) is 10.4. The zero-order chi connectivity index (χ0) is 21.2. The highest BCUT2D eigenvalue weighted by atomic mass is 16.1. The van der Waals surface area contributed by atoms with Crippen LogP contribution >= 0.6 is 0 Å². The third-order valence-electron chi connectivity index (χ3n) is 5.16. The predicted molar refractivity (Wildman–Crippen MR) is 125 cm³/mol. The molecule has 0 N–H and O–H groups in total. The molecule has 0 aliphatic carbocycles. The third-order valence-corrected chi connectivity index (χ3v) is 5.16. The molecule has 0 spiro atoms. The zero-order valence-corrected chi connectivity index (χ0v) is 18.6. The minimum atomic E-state index is 0.0278. The molecule has 0 aromatic heterocycles. The summed E-state index contributed by atoms with van der Waals surface area (Å²) in [7, 11) is 6.19. The fourth-order valence-corrected chi connectivity index (χ4v) is 3.08. The van der Waals surface area contributed by atoms with Gasteiger partial charge in [0.25, 0.3) is 0 Å². The van der Waals surface area contributed by atoms with Gasteiger partial charge in [-0.1, -0.05) is 56.3 Å². The van der Waals surface area contributed by atoms with Crippen LogP contribution in [0, 0.1) is 0 Å². The van der Waals surface area contributed by atoms with Crippen molar-refractivity contribution in [3.8, 4) is 0 Å². The molecular weight excluding hydrogens is 358 g/mol. The molecule has 0 heterocycles. The molecule has 0 amide bonds. The number of likely N-dealkylation sites (N-methyl/N-ethyl adjacent to an activating group) is 2. The van der Waals surface area contributed by atoms with Crippen LogP contribution in [0.4, 0.5) is 5.69 Å². The van der Waals surface area contributed by atoms with Crippen LogP contribution in [0.15, 0.2) is 54.6 Å². The number of hydrogen-bond donors (Lipinski definition) is 0. The van der Waals surface area contributed by atoms with E-state index < -0.39 is 0 Å². The van der Waals surface area contributed by atoms with E-state index in [4.69, 9.17) is 0 Å². The minimum absolute atomic E-state index is 0.0278. The van der Waals surface area contributed by atoms with E-state index in [1.807, 2.05) is 30.3 Å². The standard InChI is InChI=1S/C25H35N3O/c1-6-28(7-2)20-22-13-11-21(12-14-22)15-16-25(29)23-9-8-10-24(19-23)27(5)18-17-26(3)4/h8-16,19H,6-7,17-18,20H2,1-5H3. The first-order valence-corrected chi connectivity index (χ1v) is 10.4. The molecule has 0 saturated carbocycles. The molecular formula is C25H35N3O. The molecule has 0 saturated heterocycles. The fraction of sp³-hybridized carbons (Fsp3) is 0.400. The quantitative estimate of drug-likeness (QED) is 0.417. The number of carbonyl (C=O) groups is 1. The lowest BCUT2D eigenvalue weighted by molar-refractivity contribution is 0.104. The summed E-state index contributed by atoms with van der Waals surface area (Å²) in [4.78, 5) is 19.3. The highest BCUT2D eigenvalue weighted by Gasteiger charge is 2.07. The van der Waals surface area contributed by atoms with Crippen LogP contribution in [0.2, 0.25) is 0 Å². The summed E-state index contributed by atoms with van der Waals surface area (Å²) in [5, 5.41) is 0. The van der Waals surface area contributed by atoms with Crippen molar-refractivity contribution in [2.45, 2.75) is 20.4 Å². The molecule has 29 heavy (non-hydrogen) atoms. The highest BCUT2D eigenvalue weighted by molar-refractivity contribution is 6.07. The lowest BCUT2D eigenvalue weighted by atomic mass is 10.1. The van der Waals surface area contributed by atoms with E-state index in [2.05, 4.69) is 74.0 Å². The number of hydrogen-bond acceptors (Lipinski definition) is 4. The van der Waals surface area contributed by atoms with Gasteiger partial charge in [0.15, 0.2) is 5.78 Å². The van der Waals surface area contributed by atoms with Gasteiger partial charge in [-0.15, -0.1) is 0 Å². The molecule has 2 aromatic rings. The van der Waals surface area contributed by atoms with Crippen LogP contribution < -0.4 is 4.90 Å². The third kappa shape index (κ3) is 7.48. The van der Waals surface area contributed by atoms with Crippen LogP contribution in [0.25, 0.3) is 6.08 Å². The molecule has 2 rings (SSSR count). The SMILES string of the molecule is CCN(CC)Cc1ccc(C=CC(=O)c2cccc(N(C)CCN(C)C)c2)cc1. The maximum atomic E-state index is 12.6. The fourth-order valence-electron chi connectivity index (χ4n) is 3.08. The maximum absolute atomic E-state index is 12.6. The van der Waals surface area contributed by atoms with Crippen molar-refractivity contribution in [1.29, 1.82) is 0 Å². The molecule has 0 atom stereocenters. The lowest BCUT2D eigenvalue weighted by Crippen LogP contribution is -2.28. The molecule has 0 unspecified atom stereocenters. The number of carbonyl (C=O) groups excluding carboxylic acids is 1. The largest absolute Gasteiger partial charge is 0.373 e. The van der Waals surface area contributed by atoms with Crippen LogP contribution in [0.3, 0.4) is 0 Å². The van der Waals surface area contributed by atoms with Crippen molar-refractivity contribution in [2.75, 3.05) is 52.2 Å². The number of anilines is 1. The first-order chi connectivity index (χ1) is 13.9.